The summed E-state index contributed by atoms with van der Waals surface area (Å²) in [6.45, 7) is 0.263. The van der Waals surface area contributed by atoms with Gasteiger partial charge in [0.15, 0.2) is 11.5 Å². The highest BCUT2D eigenvalue weighted by Crippen LogP contribution is 2.34. The van der Waals surface area contributed by atoms with Crippen molar-refractivity contribution < 1.29 is 14.3 Å². The average molecular weight is 264 g/mol. The highest BCUT2D eigenvalue weighted by atomic mass is 32.2. The molecule has 18 heavy (non-hydrogen) atoms. The van der Waals surface area contributed by atoms with Gasteiger partial charge >= 0.3 is 0 Å². The Morgan fingerprint density at radius 1 is 1.44 bits per heavy atom. The van der Waals surface area contributed by atoms with Crippen molar-refractivity contribution in [2.75, 3.05) is 19.6 Å². The van der Waals surface area contributed by atoms with Crippen LogP contribution in [-0.2, 0) is 4.79 Å². The van der Waals surface area contributed by atoms with Crippen molar-refractivity contribution in [3.63, 3.8) is 0 Å². The first kappa shape index (κ1) is 11.4. The highest BCUT2D eigenvalue weighted by molar-refractivity contribution is 8.14. The number of fused-ring (bicyclic) bond motifs is 1. The van der Waals surface area contributed by atoms with Crippen LogP contribution in [0.25, 0.3) is 0 Å². The molecule has 0 spiro atoms. The van der Waals surface area contributed by atoms with E-state index < -0.39 is 0 Å². The second-order valence-electron chi connectivity index (χ2n) is 3.94. The number of carbonyl (C=O) groups is 1. The van der Waals surface area contributed by atoms with E-state index in [9.17, 15) is 4.79 Å². The van der Waals surface area contributed by atoms with Gasteiger partial charge in [0.05, 0.1) is 5.04 Å². The number of thioether (sulfide) groups is 1. The number of aliphatic imine (C=N–C) groups is 1. The summed E-state index contributed by atoms with van der Waals surface area (Å²) >= 11 is 1.59. The molecule has 2 heterocycles. The van der Waals surface area contributed by atoms with Gasteiger partial charge in [0.1, 0.15) is 6.04 Å². The predicted octanol–water partition coefficient (Wildman–Crippen LogP) is 1.02. The number of ether oxygens (including phenoxy) is 2. The molecule has 2 aliphatic rings. The summed E-state index contributed by atoms with van der Waals surface area (Å²) in [6.07, 6.45) is 0. The summed E-state index contributed by atoms with van der Waals surface area (Å²) in [5, 5.41) is 3.49. The maximum atomic E-state index is 11.5. The first-order valence-corrected chi connectivity index (χ1v) is 6.58. The minimum Gasteiger partial charge on any atom is -0.454 e. The second-order valence-corrected chi connectivity index (χ2v) is 4.95. The zero-order chi connectivity index (χ0) is 12.5. The van der Waals surface area contributed by atoms with Gasteiger partial charge in [-0.05, 0) is 18.2 Å². The number of nitrogens with zero attached hydrogens (tertiary/aromatic N) is 1. The zero-order valence-electron chi connectivity index (χ0n) is 9.80. The molecule has 1 amide bonds. The Hall–Kier alpha value is -1.69. The number of hydrogen-bond acceptors (Lipinski definition) is 5. The van der Waals surface area contributed by atoms with E-state index in [0.717, 1.165) is 22.1 Å². The summed E-state index contributed by atoms with van der Waals surface area (Å²) in [7, 11) is 1.63. The maximum Gasteiger partial charge on any atom is 0.245 e. The molecular weight excluding hydrogens is 252 g/mol. The van der Waals surface area contributed by atoms with E-state index in [2.05, 4.69) is 10.3 Å². The van der Waals surface area contributed by atoms with Gasteiger partial charge in [0, 0.05) is 18.4 Å². The lowest BCUT2D eigenvalue weighted by molar-refractivity contribution is -0.121. The van der Waals surface area contributed by atoms with E-state index in [0.29, 0.717) is 5.75 Å². The summed E-state index contributed by atoms with van der Waals surface area (Å²) in [5.74, 6) is 2.13. The molecule has 0 aromatic heterocycles. The standard InChI is InChI=1S/C12H12N2O3S/c1-13-11(15)8-5-18-12(14-8)7-2-3-9-10(4-7)17-6-16-9/h2-4,8H,5-6H2,1H3,(H,13,15). The average Bonchev–Trinajstić information content (AvgIpc) is 3.05. The quantitative estimate of drug-likeness (QED) is 0.866. The number of rotatable bonds is 2. The molecule has 0 radical (unpaired) electrons. The summed E-state index contributed by atoms with van der Waals surface area (Å²) in [6, 6.07) is 5.42. The first-order valence-electron chi connectivity index (χ1n) is 5.60. The smallest absolute Gasteiger partial charge is 0.245 e. The normalized spacial score (nSPS) is 20.7. The van der Waals surface area contributed by atoms with E-state index in [1.807, 2.05) is 18.2 Å². The van der Waals surface area contributed by atoms with Crippen LogP contribution in [0, 0.1) is 0 Å². The number of amides is 1. The third-order valence-electron chi connectivity index (χ3n) is 2.82. The lowest BCUT2D eigenvalue weighted by Gasteiger charge is -2.02. The highest BCUT2D eigenvalue weighted by Gasteiger charge is 2.25. The van der Waals surface area contributed by atoms with Crippen molar-refractivity contribution >= 4 is 22.7 Å². The Morgan fingerprint density at radius 2 is 2.28 bits per heavy atom. The minimum atomic E-state index is -0.291. The van der Waals surface area contributed by atoms with Crippen molar-refractivity contribution in [3.8, 4) is 11.5 Å². The van der Waals surface area contributed by atoms with Gasteiger partial charge in [-0.3, -0.25) is 9.79 Å². The van der Waals surface area contributed by atoms with Gasteiger partial charge in [-0.15, -0.1) is 11.8 Å². The van der Waals surface area contributed by atoms with E-state index in [4.69, 9.17) is 9.47 Å². The van der Waals surface area contributed by atoms with Crippen LogP contribution in [0.3, 0.4) is 0 Å². The van der Waals surface area contributed by atoms with Gasteiger partial charge in [0.25, 0.3) is 0 Å². The number of hydrogen-bond donors (Lipinski definition) is 1. The molecule has 1 unspecified atom stereocenters. The largest absolute Gasteiger partial charge is 0.454 e. The summed E-state index contributed by atoms with van der Waals surface area (Å²) in [5.41, 5.74) is 0.968. The lowest BCUT2D eigenvalue weighted by Crippen LogP contribution is -2.30. The van der Waals surface area contributed by atoms with Crippen LogP contribution in [0.15, 0.2) is 23.2 Å². The molecule has 1 aromatic carbocycles. The maximum absolute atomic E-state index is 11.5. The Bertz CT molecular complexity index is 530. The molecule has 0 saturated carbocycles. The van der Waals surface area contributed by atoms with Gasteiger partial charge in [-0.2, -0.15) is 0 Å². The molecule has 2 aliphatic heterocycles. The van der Waals surface area contributed by atoms with Crippen LogP contribution < -0.4 is 14.8 Å². The molecule has 1 N–H and O–H groups in total. The molecular formula is C12H12N2O3S. The minimum absolute atomic E-state index is 0.0433. The molecule has 0 saturated heterocycles. The van der Waals surface area contributed by atoms with Crippen LogP contribution in [0.5, 0.6) is 11.5 Å². The molecule has 1 atom stereocenters. The van der Waals surface area contributed by atoms with Gasteiger partial charge in [-0.25, -0.2) is 0 Å². The third-order valence-corrected chi connectivity index (χ3v) is 3.92. The van der Waals surface area contributed by atoms with Crippen molar-refractivity contribution in [2.45, 2.75) is 6.04 Å². The monoisotopic (exact) mass is 264 g/mol. The van der Waals surface area contributed by atoms with Crippen molar-refractivity contribution in [1.82, 2.24) is 5.32 Å². The fourth-order valence-electron chi connectivity index (χ4n) is 1.86. The molecule has 0 fully saturated rings. The lowest BCUT2D eigenvalue weighted by atomic mass is 10.2. The molecule has 5 nitrogen and oxygen atoms in total. The SMILES string of the molecule is CNC(=O)C1CSC(c2ccc3c(c2)OCO3)=N1. The van der Waals surface area contributed by atoms with Gasteiger partial charge in [0.2, 0.25) is 12.7 Å². The van der Waals surface area contributed by atoms with E-state index in [1.165, 1.54) is 0 Å². The van der Waals surface area contributed by atoms with Gasteiger partial charge in [-0.1, -0.05) is 0 Å². The fourth-order valence-corrected chi connectivity index (χ4v) is 2.90. The Labute approximate surface area is 109 Å². The Kier molecular flexibility index (Phi) is 2.87. The van der Waals surface area contributed by atoms with Crippen LogP contribution in [0.2, 0.25) is 0 Å². The topological polar surface area (TPSA) is 59.9 Å². The number of nitrogens with one attached hydrogen (secondary N) is 1. The Balaban J connectivity index is 1.85. The Morgan fingerprint density at radius 3 is 3.11 bits per heavy atom. The zero-order valence-corrected chi connectivity index (χ0v) is 10.6. The van der Waals surface area contributed by atoms with Crippen molar-refractivity contribution in [1.29, 1.82) is 0 Å². The van der Waals surface area contributed by atoms with Crippen LogP contribution in [-0.4, -0.2) is 36.6 Å². The van der Waals surface area contributed by atoms with Crippen molar-refractivity contribution in [3.05, 3.63) is 23.8 Å². The van der Waals surface area contributed by atoms with Crippen LogP contribution >= 0.6 is 11.8 Å². The van der Waals surface area contributed by atoms with E-state index in [1.54, 1.807) is 18.8 Å². The summed E-state index contributed by atoms with van der Waals surface area (Å²) < 4.78 is 10.6. The van der Waals surface area contributed by atoms with Crippen LogP contribution in [0.1, 0.15) is 5.56 Å². The molecule has 6 heteroatoms. The molecule has 0 bridgehead atoms. The molecule has 94 valence electrons. The van der Waals surface area contributed by atoms with E-state index in [-0.39, 0.29) is 18.7 Å². The molecule has 0 aliphatic carbocycles. The fraction of sp³-hybridized carbons (Fsp3) is 0.333. The predicted molar refractivity (Wildman–Crippen MR) is 69.4 cm³/mol. The number of carbonyl (C=O) groups excluding carboxylic acids is 1. The van der Waals surface area contributed by atoms with Gasteiger partial charge < -0.3 is 14.8 Å². The van der Waals surface area contributed by atoms with Crippen molar-refractivity contribution in [2.24, 2.45) is 4.99 Å². The second kappa shape index (κ2) is 4.53. The summed E-state index contributed by atoms with van der Waals surface area (Å²) in [4.78, 5) is 15.9. The van der Waals surface area contributed by atoms with E-state index >= 15 is 0 Å². The number of likely N-dealkylation sites (N-methyl/N-ethyl adjacent to an activating group) is 1. The number of benzene rings is 1. The molecule has 3 rings (SSSR count). The first-order chi connectivity index (χ1) is 8.78. The van der Waals surface area contributed by atoms with Crippen LogP contribution in [0.4, 0.5) is 0 Å². The molecule has 1 aromatic rings. The third kappa shape index (κ3) is 1.92.